The van der Waals surface area contributed by atoms with Crippen LogP contribution < -0.4 is 4.90 Å². The molecule has 0 saturated carbocycles. The van der Waals surface area contributed by atoms with Gasteiger partial charge in [-0.05, 0) is 18.6 Å². The molecule has 2 heterocycles. The number of sulfone groups is 1. The molecule has 0 N–H and O–H groups in total. The lowest BCUT2D eigenvalue weighted by molar-refractivity contribution is 0.589. The molecule has 1 unspecified atom stereocenters. The van der Waals surface area contributed by atoms with Crippen LogP contribution in [0.5, 0.6) is 0 Å². The second-order valence-corrected chi connectivity index (χ2v) is 6.32. The van der Waals surface area contributed by atoms with Crippen LogP contribution in [0.4, 0.5) is 10.2 Å². The minimum atomic E-state index is -3.05. The molecule has 0 radical (unpaired) electrons. The van der Waals surface area contributed by atoms with E-state index in [0.717, 1.165) is 0 Å². The zero-order valence-corrected chi connectivity index (χ0v) is 9.74. The summed E-state index contributed by atoms with van der Waals surface area (Å²) in [5.41, 5.74) is 0. The molecule has 16 heavy (non-hydrogen) atoms. The van der Waals surface area contributed by atoms with Crippen molar-refractivity contribution in [3.8, 4) is 0 Å². The van der Waals surface area contributed by atoms with Crippen LogP contribution in [0.3, 0.4) is 0 Å². The normalized spacial score (nSPS) is 21.4. The molecule has 1 aromatic rings. The maximum absolute atomic E-state index is 13.4. The molecule has 0 bridgehead atoms. The number of anilines is 1. The molecule has 0 aromatic carbocycles. The van der Waals surface area contributed by atoms with Crippen molar-refractivity contribution in [3.05, 3.63) is 24.1 Å². The summed E-state index contributed by atoms with van der Waals surface area (Å²) in [6.07, 6.45) is 3.26. The van der Waals surface area contributed by atoms with E-state index >= 15 is 0 Å². The molecular weight excluding hydrogens is 231 g/mol. The first-order valence-electron chi connectivity index (χ1n) is 5.03. The maximum atomic E-state index is 13.4. The number of pyridine rings is 1. The van der Waals surface area contributed by atoms with E-state index in [1.807, 2.05) is 0 Å². The van der Waals surface area contributed by atoms with Gasteiger partial charge in [-0.3, -0.25) is 0 Å². The third kappa shape index (κ3) is 2.16. The molecule has 1 aromatic heterocycles. The van der Waals surface area contributed by atoms with E-state index in [-0.39, 0.29) is 5.82 Å². The second-order valence-electron chi connectivity index (χ2n) is 4.00. The molecule has 1 atom stereocenters. The first-order chi connectivity index (χ1) is 7.48. The zero-order chi connectivity index (χ0) is 11.8. The van der Waals surface area contributed by atoms with E-state index in [9.17, 15) is 12.8 Å². The Morgan fingerprint density at radius 2 is 2.31 bits per heavy atom. The predicted molar refractivity (Wildman–Crippen MR) is 59.7 cm³/mol. The summed E-state index contributed by atoms with van der Waals surface area (Å²) >= 11 is 0. The Kier molecular flexibility index (Phi) is 2.84. The van der Waals surface area contributed by atoms with Gasteiger partial charge in [0.1, 0.15) is 0 Å². The van der Waals surface area contributed by atoms with Crippen LogP contribution in [0.15, 0.2) is 18.3 Å². The van der Waals surface area contributed by atoms with E-state index in [0.29, 0.717) is 19.5 Å². The van der Waals surface area contributed by atoms with Crippen molar-refractivity contribution in [1.82, 2.24) is 4.98 Å². The molecule has 1 fully saturated rings. The Morgan fingerprint density at radius 3 is 2.88 bits per heavy atom. The summed E-state index contributed by atoms with van der Waals surface area (Å²) in [4.78, 5) is 5.61. The van der Waals surface area contributed by atoms with Crippen LogP contribution in [-0.2, 0) is 9.84 Å². The minimum Gasteiger partial charge on any atom is -0.353 e. The first-order valence-corrected chi connectivity index (χ1v) is 6.98. The van der Waals surface area contributed by atoms with E-state index in [1.54, 1.807) is 4.90 Å². The van der Waals surface area contributed by atoms with Gasteiger partial charge in [-0.15, -0.1) is 0 Å². The van der Waals surface area contributed by atoms with E-state index in [1.165, 1.54) is 24.6 Å². The highest BCUT2D eigenvalue weighted by atomic mass is 32.2. The second kappa shape index (κ2) is 4.01. The predicted octanol–water partition coefficient (Wildman–Crippen LogP) is 0.844. The van der Waals surface area contributed by atoms with Crippen LogP contribution in [0.25, 0.3) is 0 Å². The third-order valence-corrected chi connectivity index (χ3v) is 4.38. The highest BCUT2D eigenvalue weighted by Gasteiger charge is 2.31. The number of halogens is 1. The molecule has 2 rings (SSSR count). The number of nitrogens with zero attached hydrogens (tertiary/aromatic N) is 2. The smallest absolute Gasteiger partial charge is 0.165 e. The third-order valence-electron chi connectivity index (χ3n) is 2.79. The van der Waals surface area contributed by atoms with Gasteiger partial charge >= 0.3 is 0 Å². The van der Waals surface area contributed by atoms with Gasteiger partial charge in [0.15, 0.2) is 21.5 Å². The Morgan fingerprint density at radius 1 is 1.56 bits per heavy atom. The van der Waals surface area contributed by atoms with Gasteiger partial charge in [0.2, 0.25) is 0 Å². The van der Waals surface area contributed by atoms with Crippen molar-refractivity contribution in [2.24, 2.45) is 0 Å². The van der Waals surface area contributed by atoms with Gasteiger partial charge in [-0.25, -0.2) is 17.8 Å². The van der Waals surface area contributed by atoms with Gasteiger partial charge in [0.05, 0.1) is 5.25 Å². The van der Waals surface area contributed by atoms with Crippen LogP contribution in [0, 0.1) is 5.82 Å². The van der Waals surface area contributed by atoms with Crippen LogP contribution >= 0.6 is 0 Å². The van der Waals surface area contributed by atoms with Crippen molar-refractivity contribution in [1.29, 1.82) is 0 Å². The molecule has 0 spiro atoms. The fraction of sp³-hybridized carbons (Fsp3) is 0.500. The molecule has 88 valence electrons. The molecule has 0 amide bonds. The Labute approximate surface area is 94.0 Å². The highest BCUT2D eigenvalue weighted by Crippen LogP contribution is 2.23. The summed E-state index contributed by atoms with van der Waals surface area (Å²) < 4.78 is 36.1. The van der Waals surface area contributed by atoms with Gasteiger partial charge in [-0.1, -0.05) is 0 Å². The van der Waals surface area contributed by atoms with E-state index in [2.05, 4.69) is 4.98 Å². The lowest BCUT2D eigenvalue weighted by atomic mass is 10.4. The van der Waals surface area contributed by atoms with Crippen LogP contribution in [0.1, 0.15) is 6.42 Å². The number of aromatic nitrogens is 1. The van der Waals surface area contributed by atoms with Gasteiger partial charge in [0.25, 0.3) is 0 Å². The SMILES string of the molecule is CS(=O)(=O)C1CCN(c2ncccc2F)C1. The van der Waals surface area contributed by atoms with Crippen molar-refractivity contribution in [2.75, 3.05) is 24.2 Å². The molecule has 4 nitrogen and oxygen atoms in total. The van der Waals surface area contributed by atoms with Crippen molar-refractivity contribution >= 4 is 15.7 Å². The maximum Gasteiger partial charge on any atom is 0.165 e. The summed E-state index contributed by atoms with van der Waals surface area (Å²) in [6, 6.07) is 2.85. The number of rotatable bonds is 2. The zero-order valence-electron chi connectivity index (χ0n) is 8.93. The lowest BCUT2D eigenvalue weighted by Gasteiger charge is -2.17. The average molecular weight is 244 g/mol. The molecular formula is C10H13FN2O2S. The molecule has 6 heteroatoms. The minimum absolute atomic E-state index is 0.244. The molecule has 1 aliphatic rings. The van der Waals surface area contributed by atoms with E-state index < -0.39 is 20.9 Å². The number of hydrogen-bond donors (Lipinski definition) is 0. The van der Waals surface area contributed by atoms with Gasteiger partial charge in [-0.2, -0.15) is 0 Å². The number of hydrogen-bond acceptors (Lipinski definition) is 4. The van der Waals surface area contributed by atoms with Gasteiger partial charge < -0.3 is 4.90 Å². The van der Waals surface area contributed by atoms with Crippen molar-refractivity contribution < 1.29 is 12.8 Å². The molecule has 1 aliphatic heterocycles. The Bertz CT molecular complexity index is 489. The van der Waals surface area contributed by atoms with Crippen molar-refractivity contribution in [2.45, 2.75) is 11.7 Å². The highest BCUT2D eigenvalue weighted by molar-refractivity contribution is 7.91. The van der Waals surface area contributed by atoms with Crippen LogP contribution in [-0.4, -0.2) is 38.0 Å². The largest absolute Gasteiger partial charge is 0.353 e. The summed E-state index contributed by atoms with van der Waals surface area (Å²) in [5.74, 6) is -0.162. The van der Waals surface area contributed by atoms with E-state index in [4.69, 9.17) is 0 Å². The topological polar surface area (TPSA) is 50.3 Å². The monoisotopic (exact) mass is 244 g/mol. The standard InChI is InChI=1S/C10H13FN2O2S/c1-16(14,15)8-4-6-13(7-8)10-9(11)3-2-5-12-10/h2-3,5,8H,4,6-7H2,1H3. The fourth-order valence-electron chi connectivity index (χ4n) is 1.88. The quantitative estimate of drug-likeness (QED) is 0.773. The summed E-state index contributed by atoms with van der Waals surface area (Å²) in [5, 5.41) is -0.408. The summed E-state index contributed by atoms with van der Waals surface area (Å²) in [6.45, 7) is 0.860. The van der Waals surface area contributed by atoms with Gasteiger partial charge in [0, 0.05) is 25.5 Å². The lowest BCUT2D eigenvalue weighted by Crippen LogP contribution is -2.27. The Hall–Kier alpha value is -1.17. The van der Waals surface area contributed by atoms with Crippen molar-refractivity contribution in [3.63, 3.8) is 0 Å². The first kappa shape index (κ1) is 11.3. The fourth-order valence-corrected chi connectivity index (χ4v) is 2.86. The summed E-state index contributed by atoms with van der Waals surface area (Å²) in [7, 11) is -3.05. The van der Waals surface area contributed by atoms with Crippen LogP contribution in [0.2, 0.25) is 0 Å². The molecule has 0 aliphatic carbocycles. The molecule has 1 saturated heterocycles. The average Bonchev–Trinajstić information content (AvgIpc) is 2.66. The Balaban J connectivity index is 2.19.